The molecule has 0 aliphatic rings. The number of carboxylic acids is 1. The highest BCUT2D eigenvalue weighted by molar-refractivity contribution is 7.91. The maximum absolute atomic E-state index is 12.3. The maximum Gasteiger partial charge on any atom is 0.326 e. The van der Waals surface area contributed by atoms with Gasteiger partial charge in [0.25, 0.3) is 10.0 Å². The first kappa shape index (κ1) is 16.0. The summed E-state index contributed by atoms with van der Waals surface area (Å²) >= 11 is 6.75. The summed E-state index contributed by atoms with van der Waals surface area (Å²) in [5, 5.41) is 9.25. The average molecular weight is 346 g/mol. The number of hydrogen-bond acceptors (Lipinski definition) is 4. The minimum absolute atomic E-state index is 0.00724. The van der Waals surface area contributed by atoms with Crippen LogP contribution >= 0.6 is 22.9 Å². The molecule has 112 valence electrons. The van der Waals surface area contributed by atoms with E-state index in [1.54, 1.807) is 37.3 Å². The van der Waals surface area contributed by atoms with Gasteiger partial charge in [0.15, 0.2) is 0 Å². The van der Waals surface area contributed by atoms with Gasteiger partial charge in [0, 0.05) is 0 Å². The molecule has 0 unspecified atom stereocenters. The quantitative estimate of drug-likeness (QED) is 0.872. The maximum atomic E-state index is 12.3. The van der Waals surface area contributed by atoms with Crippen LogP contribution in [0.25, 0.3) is 0 Å². The number of carbonyl (C=O) groups is 1. The third kappa shape index (κ3) is 3.62. The summed E-state index contributed by atoms with van der Waals surface area (Å²) in [6, 6.07) is 8.18. The van der Waals surface area contributed by atoms with Crippen molar-refractivity contribution >= 4 is 38.9 Å². The average Bonchev–Trinajstić information content (AvgIpc) is 2.78. The van der Waals surface area contributed by atoms with Crippen LogP contribution in [0, 0.1) is 6.92 Å². The zero-order valence-corrected chi connectivity index (χ0v) is 13.3. The van der Waals surface area contributed by atoms with E-state index in [9.17, 15) is 18.3 Å². The van der Waals surface area contributed by atoms with Crippen LogP contribution in [0.1, 0.15) is 17.2 Å². The third-order valence-electron chi connectivity index (χ3n) is 2.75. The highest BCUT2D eigenvalue weighted by Gasteiger charge is 2.28. The molecule has 0 amide bonds. The van der Waals surface area contributed by atoms with Crippen molar-refractivity contribution in [1.29, 1.82) is 0 Å². The molecule has 2 rings (SSSR count). The van der Waals surface area contributed by atoms with Crippen LogP contribution in [0.15, 0.2) is 40.6 Å². The summed E-state index contributed by atoms with van der Waals surface area (Å²) in [6.07, 6.45) is 0. The van der Waals surface area contributed by atoms with E-state index < -0.39 is 22.0 Å². The van der Waals surface area contributed by atoms with E-state index in [1.807, 2.05) is 0 Å². The lowest BCUT2D eigenvalue weighted by atomic mass is 10.1. The summed E-state index contributed by atoms with van der Waals surface area (Å²) < 4.78 is 27.1. The lowest BCUT2D eigenvalue weighted by Crippen LogP contribution is -2.33. The van der Waals surface area contributed by atoms with Gasteiger partial charge in [-0.05, 0) is 24.1 Å². The highest BCUT2D eigenvalue weighted by Crippen LogP contribution is 2.30. The number of aliphatic carboxylic acids is 1. The topological polar surface area (TPSA) is 83.5 Å². The Morgan fingerprint density at radius 3 is 2.43 bits per heavy atom. The Labute approximate surface area is 131 Å². The van der Waals surface area contributed by atoms with Gasteiger partial charge in [-0.25, -0.2) is 8.42 Å². The van der Waals surface area contributed by atoms with E-state index in [0.29, 0.717) is 15.5 Å². The Hall–Kier alpha value is -1.41. The van der Waals surface area contributed by atoms with Gasteiger partial charge in [-0.1, -0.05) is 41.9 Å². The molecule has 0 radical (unpaired) electrons. The van der Waals surface area contributed by atoms with Crippen molar-refractivity contribution in [1.82, 2.24) is 4.72 Å². The monoisotopic (exact) mass is 345 g/mol. The van der Waals surface area contributed by atoms with Crippen LogP contribution < -0.4 is 4.72 Å². The molecule has 2 N–H and O–H groups in total. The second kappa shape index (κ2) is 6.15. The molecule has 5 nitrogen and oxygen atoms in total. The minimum atomic E-state index is -3.95. The van der Waals surface area contributed by atoms with E-state index in [1.165, 1.54) is 6.07 Å². The number of rotatable bonds is 5. The van der Waals surface area contributed by atoms with Gasteiger partial charge in [-0.2, -0.15) is 4.72 Å². The molecule has 1 aromatic heterocycles. The molecule has 8 heteroatoms. The first-order valence-corrected chi connectivity index (χ1v) is 8.55. The van der Waals surface area contributed by atoms with Gasteiger partial charge in [0.05, 0.1) is 4.34 Å². The lowest BCUT2D eigenvalue weighted by molar-refractivity contribution is -0.139. The first-order chi connectivity index (χ1) is 9.81. The Balaban J connectivity index is 2.35. The summed E-state index contributed by atoms with van der Waals surface area (Å²) in [5.41, 5.74) is 0.988. The Morgan fingerprint density at radius 1 is 1.33 bits per heavy atom. The van der Waals surface area contributed by atoms with E-state index >= 15 is 0 Å². The van der Waals surface area contributed by atoms with Crippen molar-refractivity contribution in [2.75, 3.05) is 0 Å². The molecule has 0 fully saturated rings. The molecule has 0 saturated heterocycles. The molecule has 0 aliphatic heterocycles. The standard InChI is InChI=1S/C13H12ClNO4S2/c1-8-7-10(20-12(8)14)21(18,19)15-11(13(16)17)9-5-3-2-4-6-9/h2-7,11,15H,1H3,(H,16,17)/t11-/m1/s1. The number of carboxylic acid groups (broad SMARTS) is 1. The Kier molecular flexibility index (Phi) is 4.67. The third-order valence-corrected chi connectivity index (χ3v) is 6.20. The van der Waals surface area contributed by atoms with Gasteiger partial charge in [-0.3, -0.25) is 4.79 Å². The number of sulfonamides is 1. The number of aryl methyl sites for hydroxylation is 1. The fraction of sp³-hybridized carbons (Fsp3) is 0.154. The molecule has 0 bridgehead atoms. The van der Waals surface area contributed by atoms with Crippen molar-refractivity contribution < 1.29 is 18.3 Å². The highest BCUT2D eigenvalue weighted by atomic mass is 35.5. The first-order valence-electron chi connectivity index (χ1n) is 5.87. The predicted molar refractivity (Wildman–Crippen MR) is 81.2 cm³/mol. The van der Waals surface area contributed by atoms with Crippen LogP contribution in [0.5, 0.6) is 0 Å². The van der Waals surface area contributed by atoms with Crippen LogP contribution in [0.4, 0.5) is 0 Å². The number of thiophene rings is 1. The van der Waals surface area contributed by atoms with Crippen molar-refractivity contribution in [3.8, 4) is 0 Å². The Morgan fingerprint density at radius 2 is 1.95 bits per heavy atom. The molecular formula is C13H12ClNO4S2. The largest absolute Gasteiger partial charge is 0.480 e. The van der Waals surface area contributed by atoms with Gasteiger partial charge in [0.2, 0.25) is 0 Å². The second-order valence-electron chi connectivity index (χ2n) is 4.33. The molecule has 1 aromatic carbocycles. The fourth-order valence-corrected chi connectivity index (χ4v) is 4.59. The minimum Gasteiger partial charge on any atom is -0.480 e. The molecule has 2 aromatic rings. The van der Waals surface area contributed by atoms with E-state index in [0.717, 1.165) is 11.3 Å². The fourth-order valence-electron chi connectivity index (χ4n) is 1.68. The second-order valence-corrected chi connectivity index (χ2v) is 7.92. The number of hydrogen-bond donors (Lipinski definition) is 2. The van der Waals surface area contributed by atoms with Crippen LogP contribution in [-0.2, 0) is 14.8 Å². The summed E-state index contributed by atoms with van der Waals surface area (Å²) in [5.74, 6) is -1.27. The smallest absolute Gasteiger partial charge is 0.326 e. The predicted octanol–water partition coefficient (Wildman–Crippen LogP) is 2.81. The van der Waals surface area contributed by atoms with Crippen LogP contribution in [-0.4, -0.2) is 19.5 Å². The molecular weight excluding hydrogens is 334 g/mol. The normalized spacial score (nSPS) is 13.0. The zero-order chi connectivity index (χ0) is 15.6. The van der Waals surface area contributed by atoms with Crippen LogP contribution in [0.2, 0.25) is 4.34 Å². The van der Waals surface area contributed by atoms with E-state index in [-0.39, 0.29) is 4.21 Å². The molecule has 0 saturated carbocycles. The zero-order valence-electron chi connectivity index (χ0n) is 10.9. The van der Waals surface area contributed by atoms with Crippen LogP contribution in [0.3, 0.4) is 0 Å². The van der Waals surface area contributed by atoms with Gasteiger partial charge in [-0.15, -0.1) is 11.3 Å². The molecule has 1 heterocycles. The van der Waals surface area contributed by atoms with Crippen molar-refractivity contribution in [2.24, 2.45) is 0 Å². The molecule has 0 aliphatic carbocycles. The molecule has 21 heavy (non-hydrogen) atoms. The Bertz CT molecular complexity index is 736. The molecule has 0 spiro atoms. The number of benzene rings is 1. The van der Waals surface area contributed by atoms with Crippen molar-refractivity contribution in [3.63, 3.8) is 0 Å². The summed E-state index contributed by atoms with van der Waals surface area (Å²) in [6.45, 7) is 1.68. The van der Waals surface area contributed by atoms with Crippen molar-refractivity contribution in [2.45, 2.75) is 17.2 Å². The molecule has 1 atom stereocenters. The van der Waals surface area contributed by atoms with E-state index in [2.05, 4.69) is 4.72 Å². The van der Waals surface area contributed by atoms with Gasteiger partial charge >= 0.3 is 5.97 Å². The van der Waals surface area contributed by atoms with Gasteiger partial charge in [0.1, 0.15) is 10.3 Å². The van der Waals surface area contributed by atoms with Crippen molar-refractivity contribution in [3.05, 3.63) is 51.9 Å². The number of nitrogens with one attached hydrogen (secondary N) is 1. The lowest BCUT2D eigenvalue weighted by Gasteiger charge is -2.14. The van der Waals surface area contributed by atoms with Gasteiger partial charge < -0.3 is 5.11 Å². The number of halogens is 1. The SMILES string of the molecule is Cc1cc(S(=O)(=O)N[C@@H](C(=O)O)c2ccccc2)sc1Cl. The van der Waals surface area contributed by atoms with E-state index in [4.69, 9.17) is 11.6 Å². The summed E-state index contributed by atoms with van der Waals surface area (Å²) in [4.78, 5) is 11.3. The summed E-state index contributed by atoms with van der Waals surface area (Å²) in [7, 11) is -3.95.